The van der Waals surface area contributed by atoms with Gasteiger partial charge in [-0.05, 0) is 6.07 Å². The van der Waals surface area contributed by atoms with Gasteiger partial charge in [0.15, 0.2) is 0 Å². The van der Waals surface area contributed by atoms with E-state index < -0.39 is 0 Å². The van der Waals surface area contributed by atoms with Crippen molar-refractivity contribution in [2.75, 3.05) is 11.5 Å². The number of anilines is 2. The third-order valence-corrected chi connectivity index (χ3v) is 2.67. The van der Waals surface area contributed by atoms with E-state index in [2.05, 4.69) is 15.5 Å². The highest BCUT2D eigenvalue weighted by Gasteiger charge is 2.20. The highest BCUT2D eigenvalue weighted by Crippen LogP contribution is 2.27. The van der Waals surface area contributed by atoms with E-state index >= 15 is 0 Å². The zero-order valence-corrected chi connectivity index (χ0v) is 9.46. The molecule has 7 nitrogen and oxygen atoms in total. The van der Waals surface area contributed by atoms with Crippen LogP contribution in [0.25, 0.3) is 0 Å². The average molecular weight is 233 g/mol. The largest absolute Gasteiger partial charge is 0.384 e. The van der Waals surface area contributed by atoms with Crippen LogP contribution < -0.4 is 22.7 Å². The van der Waals surface area contributed by atoms with Crippen LogP contribution in [0.15, 0.2) is 24.5 Å². The minimum Gasteiger partial charge on any atom is -0.384 e. The van der Waals surface area contributed by atoms with E-state index in [1.165, 1.54) is 0 Å². The molecular formula is C10H15N7. The van der Waals surface area contributed by atoms with Gasteiger partial charge in [-0.15, -0.1) is 0 Å². The maximum Gasteiger partial charge on any atom is 0.128 e. The summed E-state index contributed by atoms with van der Waals surface area (Å²) >= 11 is 0. The minimum atomic E-state index is -0.322. The maximum absolute atomic E-state index is 5.91. The smallest absolute Gasteiger partial charge is 0.128 e. The van der Waals surface area contributed by atoms with Crippen LogP contribution in [0.3, 0.4) is 0 Å². The van der Waals surface area contributed by atoms with Crippen molar-refractivity contribution in [3.8, 4) is 0 Å². The van der Waals surface area contributed by atoms with E-state index in [0.29, 0.717) is 11.6 Å². The number of nitrogens with one attached hydrogen (secondary N) is 1. The summed E-state index contributed by atoms with van der Waals surface area (Å²) in [4.78, 5) is 4.02. The van der Waals surface area contributed by atoms with Crippen molar-refractivity contribution < 1.29 is 0 Å². The van der Waals surface area contributed by atoms with E-state index in [1.807, 2.05) is 6.07 Å². The molecule has 2 heterocycles. The third kappa shape index (κ3) is 1.93. The molecule has 2 aromatic rings. The first kappa shape index (κ1) is 11.4. The molecule has 17 heavy (non-hydrogen) atoms. The van der Waals surface area contributed by atoms with Gasteiger partial charge in [0.05, 0.1) is 12.2 Å². The van der Waals surface area contributed by atoms with Gasteiger partial charge in [0.2, 0.25) is 0 Å². The Kier molecular flexibility index (Phi) is 2.94. The SMILES string of the molecule is Cn1ncc(C(NN)c2cccnc2N)c1N. The van der Waals surface area contributed by atoms with Gasteiger partial charge in [0, 0.05) is 24.4 Å². The number of nitrogens with two attached hydrogens (primary N) is 3. The molecule has 0 saturated heterocycles. The number of hydrazine groups is 1. The summed E-state index contributed by atoms with van der Waals surface area (Å²) in [6, 6.07) is 3.32. The van der Waals surface area contributed by atoms with Crippen LogP contribution in [0.5, 0.6) is 0 Å². The van der Waals surface area contributed by atoms with Crippen molar-refractivity contribution in [3.05, 3.63) is 35.7 Å². The number of aromatic nitrogens is 3. The zero-order chi connectivity index (χ0) is 12.4. The van der Waals surface area contributed by atoms with Crippen molar-refractivity contribution in [2.24, 2.45) is 12.9 Å². The second kappa shape index (κ2) is 4.40. The van der Waals surface area contributed by atoms with Crippen molar-refractivity contribution >= 4 is 11.6 Å². The fraction of sp³-hybridized carbons (Fsp3) is 0.200. The van der Waals surface area contributed by atoms with Crippen LogP contribution in [-0.4, -0.2) is 14.8 Å². The fourth-order valence-electron chi connectivity index (χ4n) is 1.71. The van der Waals surface area contributed by atoms with Crippen LogP contribution in [0.2, 0.25) is 0 Å². The van der Waals surface area contributed by atoms with Gasteiger partial charge in [-0.25, -0.2) is 10.4 Å². The van der Waals surface area contributed by atoms with Gasteiger partial charge in [-0.3, -0.25) is 10.5 Å². The highest BCUT2D eigenvalue weighted by atomic mass is 15.3. The summed E-state index contributed by atoms with van der Waals surface area (Å²) in [6.07, 6.45) is 3.28. The lowest BCUT2D eigenvalue weighted by atomic mass is 10.0. The quantitative estimate of drug-likeness (QED) is 0.420. The Morgan fingerprint density at radius 1 is 1.35 bits per heavy atom. The van der Waals surface area contributed by atoms with Crippen molar-refractivity contribution in [1.82, 2.24) is 20.2 Å². The van der Waals surface area contributed by atoms with Crippen molar-refractivity contribution in [1.29, 1.82) is 0 Å². The summed E-state index contributed by atoms with van der Waals surface area (Å²) < 4.78 is 1.58. The number of hydrogen-bond acceptors (Lipinski definition) is 6. The highest BCUT2D eigenvalue weighted by molar-refractivity contribution is 5.51. The Bertz CT molecular complexity index is 519. The van der Waals surface area contributed by atoms with Crippen molar-refractivity contribution in [2.45, 2.75) is 6.04 Å². The van der Waals surface area contributed by atoms with E-state index in [1.54, 1.807) is 30.2 Å². The summed E-state index contributed by atoms with van der Waals surface area (Å²) in [5.41, 5.74) is 15.9. The number of aryl methyl sites for hydroxylation is 1. The Labute approximate surface area is 98.6 Å². The Morgan fingerprint density at radius 3 is 2.65 bits per heavy atom. The van der Waals surface area contributed by atoms with Crippen LogP contribution in [0.4, 0.5) is 11.6 Å². The molecule has 0 saturated carbocycles. The normalized spacial score (nSPS) is 12.6. The molecule has 0 aliphatic rings. The lowest BCUT2D eigenvalue weighted by molar-refractivity contribution is 0.638. The molecular weight excluding hydrogens is 218 g/mol. The van der Waals surface area contributed by atoms with Gasteiger partial charge in [-0.2, -0.15) is 5.10 Å². The molecule has 1 unspecified atom stereocenters. The van der Waals surface area contributed by atoms with E-state index in [-0.39, 0.29) is 6.04 Å². The predicted molar refractivity (Wildman–Crippen MR) is 65.4 cm³/mol. The fourth-order valence-corrected chi connectivity index (χ4v) is 1.71. The monoisotopic (exact) mass is 233 g/mol. The Morgan fingerprint density at radius 2 is 2.12 bits per heavy atom. The number of nitrogen functional groups attached to an aromatic ring is 2. The molecule has 0 aromatic carbocycles. The lowest BCUT2D eigenvalue weighted by Gasteiger charge is -2.16. The molecule has 0 amide bonds. The van der Waals surface area contributed by atoms with Crippen molar-refractivity contribution in [3.63, 3.8) is 0 Å². The molecule has 0 spiro atoms. The molecule has 2 aromatic heterocycles. The molecule has 0 fully saturated rings. The first-order valence-electron chi connectivity index (χ1n) is 5.09. The third-order valence-electron chi connectivity index (χ3n) is 2.67. The standard InChI is InChI=1S/C10H15N7/c1-17-10(12)7(5-15-17)8(16-13)6-3-2-4-14-9(6)11/h2-5,8,16H,12-13H2,1H3,(H2,11,14). The molecule has 0 aliphatic carbocycles. The van der Waals surface area contributed by atoms with Crippen LogP contribution >= 0.6 is 0 Å². The van der Waals surface area contributed by atoms with Gasteiger partial charge in [0.25, 0.3) is 0 Å². The molecule has 0 bridgehead atoms. The predicted octanol–water partition coefficient (Wildman–Crippen LogP) is -0.468. The second-order valence-corrected chi connectivity index (χ2v) is 3.69. The molecule has 0 radical (unpaired) electrons. The van der Waals surface area contributed by atoms with E-state index in [9.17, 15) is 0 Å². The number of pyridine rings is 1. The molecule has 7 heteroatoms. The molecule has 90 valence electrons. The van der Waals surface area contributed by atoms with E-state index in [0.717, 1.165) is 11.1 Å². The summed E-state index contributed by atoms with van der Waals surface area (Å²) in [5.74, 6) is 6.51. The first-order valence-corrected chi connectivity index (χ1v) is 5.09. The molecule has 0 aliphatic heterocycles. The van der Waals surface area contributed by atoms with Crippen LogP contribution in [-0.2, 0) is 7.05 Å². The molecule has 2 rings (SSSR count). The Balaban J connectivity index is 2.48. The summed E-state index contributed by atoms with van der Waals surface area (Å²) in [6.45, 7) is 0. The average Bonchev–Trinajstić information content (AvgIpc) is 2.65. The second-order valence-electron chi connectivity index (χ2n) is 3.69. The van der Waals surface area contributed by atoms with Gasteiger partial charge in [-0.1, -0.05) is 6.07 Å². The van der Waals surface area contributed by atoms with Gasteiger partial charge >= 0.3 is 0 Å². The van der Waals surface area contributed by atoms with E-state index in [4.69, 9.17) is 17.3 Å². The molecule has 1 atom stereocenters. The summed E-state index contributed by atoms with van der Waals surface area (Å²) in [5, 5.41) is 4.08. The van der Waals surface area contributed by atoms with Gasteiger partial charge < -0.3 is 11.5 Å². The topological polar surface area (TPSA) is 121 Å². The molecule has 7 N–H and O–H groups in total. The van der Waals surface area contributed by atoms with Gasteiger partial charge in [0.1, 0.15) is 11.6 Å². The minimum absolute atomic E-state index is 0.322. The number of hydrogen-bond donors (Lipinski definition) is 4. The Hall–Kier alpha value is -2.12. The first-order chi connectivity index (χ1) is 8.15. The van der Waals surface area contributed by atoms with Crippen LogP contribution in [0.1, 0.15) is 17.2 Å². The zero-order valence-electron chi connectivity index (χ0n) is 9.46. The lowest BCUT2D eigenvalue weighted by Crippen LogP contribution is -2.30. The number of nitrogens with zero attached hydrogens (tertiary/aromatic N) is 3. The van der Waals surface area contributed by atoms with Crippen LogP contribution in [0, 0.1) is 0 Å². The number of rotatable bonds is 3. The maximum atomic E-state index is 5.91. The summed E-state index contributed by atoms with van der Waals surface area (Å²) in [7, 11) is 1.76.